The van der Waals surface area contributed by atoms with Gasteiger partial charge in [0.25, 0.3) is 0 Å². The van der Waals surface area contributed by atoms with Crippen LogP contribution >= 0.6 is 0 Å². The van der Waals surface area contributed by atoms with E-state index in [0.29, 0.717) is 29.4 Å². The standard InChI is InChI=1S/C16H16F2N4/c17-12-6-5-11(7-13(12)18)19-15-8-14(9-1-2-9)21-16(22-15)20-10-3-4-10/h5-10H,1-4H2,(H2,19,20,21,22). The number of nitrogens with zero attached hydrogens (tertiary/aromatic N) is 2. The highest BCUT2D eigenvalue weighted by Gasteiger charge is 2.27. The quantitative estimate of drug-likeness (QED) is 0.878. The van der Waals surface area contributed by atoms with Crippen LogP contribution in [0.3, 0.4) is 0 Å². The second kappa shape index (κ2) is 5.19. The Morgan fingerprint density at radius 1 is 0.955 bits per heavy atom. The van der Waals surface area contributed by atoms with Crippen molar-refractivity contribution in [3.63, 3.8) is 0 Å². The second-order valence-electron chi connectivity index (χ2n) is 5.95. The van der Waals surface area contributed by atoms with Crippen molar-refractivity contribution in [3.05, 3.63) is 41.6 Å². The third-order valence-electron chi connectivity index (χ3n) is 3.84. The van der Waals surface area contributed by atoms with Crippen molar-refractivity contribution in [3.8, 4) is 0 Å². The minimum atomic E-state index is -0.877. The Morgan fingerprint density at radius 2 is 1.77 bits per heavy atom. The Labute approximate surface area is 127 Å². The topological polar surface area (TPSA) is 49.8 Å². The third kappa shape index (κ3) is 3.00. The van der Waals surface area contributed by atoms with Crippen LogP contribution in [0.5, 0.6) is 0 Å². The van der Waals surface area contributed by atoms with E-state index < -0.39 is 11.6 Å². The molecule has 0 unspecified atom stereocenters. The van der Waals surface area contributed by atoms with Gasteiger partial charge in [-0.2, -0.15) is 4.98 Å². The van der Waals surface area contributed by atoms with Crippen LogP contribution in [0.4, 0.5) is 26.2 Å². The maximum absolute atomic E-state index is 13.3. The van der Waals surface area contributed by atoms with Gasteiger partial charge >= 0.3 is 0 Å². The zero-order valence-corrected chi connectivity index (χ0v) is 11.9. The number of anilines is 3. The summed E-state index contributed by atoms with van der Waals surface area (Å²) in [7, 11) is 0. The summed E-state index contributed by atoms with van der Waals surface area (Å²) < 4.78 is 26.3. The van der Waals surface area contributed by atoms with E-state index in [1.54, 1.807) is 0 Å². The van der Waals surface area contributed by atoms with Crippen molar-refractivity contribution in [2.45, 2.75) is 37.6 Å². The average molecular weight is 302 g/mol. The fourth-order valence-corrected chi connectivity index (χ4v) is 2.31. The zero-order chi connectivity index (χ0) is 15.1. The molecule has 114 valence electrons. The fraction of sp³-hybridized carbons (Fsp3) is 0.375. The van der Waals surface area contributed by atoms with Gasteiger partial charge in [-0.15, -0.1) is 0 Å². The van der Waals surface area contributed by atoms with Crippen LogP contribution in [0.1, 0.15) is 37.3 Å². The summed E-state index contributed by atoms with van der Waals surface area (Å²) in [6.07, 6.45) is 4.57. The van der Waals surface area contributed by atoms with Gasteiger partial charge in [0.2, 0.25) is 5.95 Å². The van der Waals surface area contributed by atoms with Gasteiger partial charge < -0.3 is 10.6 Å². The molecule has 0 aliphatic heterocycles. The van der Waals surface area contributed by atoms with Gasteiger partial charge in [-0.25, -0.2) is 13.8 Å². The Kier molecular flexibility index (Phi) is 3.17. The van der Waals surface area contributed by atoms with E-state index in [4.69, 9.17) is 0 Å². The molecule has 4 nitrogen and oxygen atoms in total. The van der Waals surface area contributed by atoms with Gasteiger partial charge in [0.05, 0.1) is 5.69 Å². The lowest BCUT2D eigenvalue weighted by molar-refractivity contribution is 0.509. The molecule has 4 rings (SSSR count). The first-order valence-electron chi connectivity index (χ1n) is 7.55. The molecular formula is C16H16F2N4. The maximum Gasteiger partial charge on any atom is 0.225 e. The lowest BCUT2D eigenvalue weighted by atomic mass is 10.2. The van der Waals surface area contributed by atoms with Crippen LogP contribution in [0.15, 0.2) is 24.3 Å². The normalized spacial score (nSPS) is 17.4. The number of halogens is 2. The van der Waals surface area contributed by atoms with E-state index >= 15 is 0 Å². The molecule has 0 saturated heterocycles. The molecule has 2 aliphatic rings. The number of hydrogen-bond donors (Lipinski definition) is 2. The van der Waals surface area contributed by atoms with Gasteiger partial charge in [-0.3, -0.25) is 0 Å². The molecule has 0 radical (unpaired) electrons. The number of benzene rings is 1. The number of rotatable bonds is 5. The predicted molar refractivity (Wildman–Crippen MR) is 80.3 cm³/mol. The smallest absolute Gasteiger partial charge is 0.225 e. The van der Waals surface area contributed by atoms with E-state index in [1.807, 2.05) is 6.07 Å². The molecule has 1 aromatic carbocycles. The first-order valence-corrected chi connectivity index (χ1v) is 7.55. The molecule has 22 heavy (non-hydrogen) atoms. The largest absolute Gasteiger partial charge is 0.351 e. The van der Waals surface area contributed by atoms with Gasteiger partial charge in [-0.05, 0) is 37.8 Å². The van der Waals surface area contributed by atoms with Gasteiger partial charge in [-0.1, -0.05) is 0 Å². The summed E-state index contributed by atoms with van der Waals surface area (Å²) in [4.78, 5) is 8.97. The Morgan fingerprint density at radius 3 is 2.45 bits per heavy atom. The Balaban J connectivity index is 1.61. The minimum Gasteiger partial charge on any atom is -0.351 e. The molecule has 1 heterocycles. The van der Waals surface area contributed by atoms with Crippen molar-refractivity contribution in [2.24, 2.45) is 0 Å². The maximum atomic E-state index is 13.3. The van der Waals surface area contributed by atoms with Crippen molar-refractivity contribution in [1.29, 1.82) is 0 Å². The van der Waals surface area contributed by atoms with Crippen LogP contribution in [-0.2, 0) is 0 Å². The molecule has 0 atom stereocenters. The number of aromatic nitrogens is 2. The van der Waals surface area contributed by atoms with Crippen LogP contribution < -0.4 is 10.6 Å². The lowest BCUT2D eigenvalue weighted by Gasteiger charge is -2.11. The van der Waals surface area contributed by atoms with Crippen LogP contribution in [-0.4, -0.2) is 16.0 Å². The highest BCUT2D eigenvalue weighted by atomic mass is 19.2. The second-order valence-corrected chi connectivity index (χ2v) is 5.95. The van der Waals surface area contributed by atoms with Crippen molar-refractivity contribution in [1.82, 2.24) is 9.97 Å². The molecule has 2 fully saturated rings. The Hall–Kier alpha value is -2.24. The Bertz CT molecular complexity index is 711. The van der Waals surface area contributed by atoms with Gasteiger partial charge in [0.15, 0.2) is 11.6 Å². The van der Waals surface area contributed by atoms with E-state index in [-0.39, 0.29) is 0 Å². The molecule has 2 aliphatic carbocycles. The molecule has 1 aromatic heterocycles. The first kappa shape index (κ1) is 13.4. The van der Waals surface area contributed by atoms with Crippen LogP contribution in [0.2, 0.25) is 0 Å². The molecular weight excluding hydrogens is 286 g/mol. The molecule has 0 amide bonds. The molecule has 0 bridgehead atoms. The summed E-state index contributed by atoms with van der Waals surface area (Å²) in [6, 6.07) is 6.07. The predicted octanol–water partition coefficient (Wildman–Crippen LogP) is 3.95. The first-order chi connectivity index (χ1) is 10.7. The SMILES string of the molecule is Fc1ccc(Nc2cc(C3CC3)nc(NC3CC3)n2)cc1F. The number of nitrogens with one attached hydrogen (secondary N) is 2. The average Bonchev–Trinajstić information content (AvgIpc) is 3.35. The minimum absolute atomic E-state index is 0.463. The van der Waals surface area contributed by atoms with Crippen molar-refractivity contribution >= 4 is 17.5 Å². The molecule has 0 spiro atoms. The molecule has 2 aromatic rings. The fourth-order valence-electron chi connectivity index (χ4n) is 2.31. The van der Waals surface area contributed by atoms with Crippen LogP contribution in [0.25, 0.3) is 0 Å². The third-order valence-corrected chi connectivity index (χ3v) is 3.84. The molecule has 2 N–H and O–H groups in total. The summed E-state index contributed by atoms with van der Waals surface area (Å²) in [6.45, 7) is 0. The van der Waals surface area contributed by atoms with E-state index in [1.165, 1.54) is 6.07 Å². The van der Waals surface area contributed by atoms with Gasteiger partial charge in [0.1, 0.15) is 5.82 Å². The number of hydrogen-bond acceptors (Lipinski definition) is 4. The molecule has 2 saturated carbocycles. The van der Waals surface area contributed by atoms with E-state index in [2.05, 4.69) is 20.6 Å². The van der Waals surface area contributed by atoms with Crippen LogP contribution in [0, 0.1) is 11.6 Å². The highest BCUT2D eigenvalue weighted by molar-refractivity contribution is 5.58. The lowest BCUT2D eigenvalue weighted by Crippen LogP contribution is -2.08. The van der Waals surface area contributed by atoms with E-state index in [0.717, 1.165) is 43.5 Å². The summed E-state index contributed by atoms with van der Waals surface area (Å²) in [5.41, 5.74) is 1.47. The summed E-state index contributed by atoms with van der Waals surface area (Å²) >= 11 is 0. The van der Waals surface area contributed by atoms with Crippen molar-refractivity contribution in [2.75, 3.05) is 10.6 Å². The van der Waals surface area contributed by atoms with Gasteiger partial charge in [0, 0.05) is 29.8 Å². The molecule has 6 heteroatoms. The summed E-state index contributed by atoms with van der Waals surface area (Å²) in [5, 5.41) is 6.32. The summed E-state index contributed by atoms with van der Waals surface area (Å²) in [5.74, 6) is -0.0305. The monoisotopic (exact) mass is 302 g/mol. The van der Waals surface area contributed by atoms with E-state index in [9.17, 15) is 8.78 Å². The highest BCUT2D eigenvalue weighted by Crippen LogP contribution is 2.40. The van der Waals surface area contributed by atoms with Crippen molar-refractivity contribution < 1.29 is 8.78 Å². The zero-order valence-electron chi connectivity index (χ0n) is 11.9.